The number of nitrogens with one attached hydrogen (secondary N) is 1. The van der Waals surface area contributed by atoms with Gasteiger partial charge in [-0.05, 0) is 56.5 Å². The standard InChI is InChI=1S/C16H22ClN3O3/c1-10(15(22)19-16(18)23)20-8-6-12(7-9-20)14(21)11-2-4-13(17)5-3-11/h2-5,10,12,14,21H,6-9H2,1H3,(H3,18,19,22,23)/t10-,14+/m0/s1. The number of imide groups is 1. The van der Waals surface area contributed by atoms with Gasteiger partial charge in [-0.25, -0.2) is 4.79 Å². The topological polar surface area (TPSA) is 95.7 Å². The number of nitrogens with zero attached hydrogens (tertiary/aromatic N) is 1. The highest BCUT2D eigenvalue weighted by molar-refractivity contribution is 6.30. The molecule has 1 fully saturated rings. The third-order valence-corrected chi connectivity index (χ3v) is 4.66. The monoisotopic (exact) mass is 339 g/mol. The minimum absolute atomic E-state index is 0.138. The Hall–Kier alpha value is -1.63. The summed E-state index contributed by atoms with van der Waals surface area (Å²) in [6.45, 7) is 3.11. The van der Waals surface area contributed by atoms with Crippen molar-refractivity contribution >= 4 is 23.5 Å². The number of aliphatic hydroxyl groups excluding tert-OH is 1. The summed E-state index contributed by atoms with van der Waals surface area (Å²) in [6.07, 6.45) is 1.01. The summed E-state index contributed by atoms with van der Waals surface area (Å²) in [7, 11) is 0. The average molecular weight is 340 g/mol. The van der Waals surface area contributed by atoms with Crippen LogP contribution in [0.3, 0.4) is 0 Å². The van der Waals surface area contributed by atoms with Crippen LogP contribution >= 0.6 is 11.6 Å². The van der Waals surface area contributed by atoms with Crippen molar-refractivity contribution in [2.45, 2.75) is 31.9 Å². The maximum absolute atomic E-state index is 11.8. The van der Waals surface area contributed by atoms with Crippen molar-refractivity contribution in [3.8, 4) is 0 Å². The van der Waals surface area contributed by atoms with Gasteiger partial charge in [-0.3, -0.25) is 15.0 Å². The number of primary amides is 1. The predicted octanol–water partition coefficient (Wildman–Crippen LogP) is 1.67. The molecule has 126 valence electrons. The summed E-state index contributed by atoms with van der Waals surface area (Å²) in [5.74, 6) is -0.256. The van der Waals surface area contributed by atoms with Gasteiger partial charge in [-0.2, -0.15) is 0 Å². The fourth-order valence-corrected chi connectivity index (χ4v) is 3.07. The van der Waals surface area contributed by atoms with Crippen LogP contribution in [-0.2, 0) is 4.79 Å². The zero-order chi connectivity index (χ0) is 17.0. The van der Waals surface area contributed by atoms with Crippen LogP contribution < -0.4 is 11.1 Å². The molecule has 7 heteroatoms. The number of rotatable bonds is 4. The molecule has 1 saturated heterocycles. The quantitative estimate of drug-likeness (QED) is 0.777. The number of amides is 3. The summed E-state index contributed by atoms with van der Waals surface area (Å²) in [5, 5.41) is 13.2. The number of urea groups is 1. The van der Waals surface area contributed by atoms with Crippen molar-refractivity contribution in [3.63, 3.8) is 0 Å². The molecule has 0 aliphatic carbocycles. The van der Waals surface area contributed by atoms with Crippen LogP contribution in [0.5, 0.6) is 0 Å². The molecular formula is C16H22ClN3O3. The summed E-state index contributed by atoms with van der Waals surface area (Å²) < 4.78 is 0. The summed E-state index contributed by atoms with van der Waals surface area (Å²) in [4.78, 5) is 24.5. The van der Waals surface area contributed by atoms with Crippen molar-refractivity contribution in [2.24, 2.45) is 11.7 Å². The first-order valence-electron chi connectivity index (χ1n) is 7.66. The molecule has 6 nitrogen and oxygen atoms in total. The lowest BCUT2D eigenvalue weighted by Crippen LogP contribution is -2.50. The second-order valence-corrected chi connectivity index (χ2v) is 6.34. The van der Waals surface area contributed by atoms with Crippen LogP contribution in [-0.4, -0.2) is 41.1 Å². The molecule has 0 unspecified atom stereocenters. The van der Waals surface area contributed by atoms with E-state index >= 15 is 0 Å². The number of likely N-dealkylation sites (tertiary alicyclic amines) is 1. The van der Waals surface area contributed by atoms with Gasteiger partial charge in [0.15, 0.2) is 0 Å². The minimum Gasteiger partial charge on any atom is -0.388 e. The van der Waals surface area contributed by atoms with E-state index < -0.39 is 24.1 Å². The fraction of sp³-hybridized carbons (Fsp3) is 0.500. The number of hydrogen-bond donors (Lipinski definition) is 3. The first-order valence-corrected chi connectivity index (χ1v) is 8.04. The Bertz CT molecular complexity index is 556. The molecule has 0 radical (unpaired) electrons. The van der Waals surface area contributed by atoms with Crippen molar-refractivity contribution in [1.29, 1.82) is 0 Å². The van der Waals surface area contributed by atoms with Gasteiger partial charge in [-0.15, -0.1) is 0 Å². The number of hydrogen-bond acceptors (Lipinski definition) is 4. The Morgan fingerprint density at radius 1 is 1.30 bits per heavy atom. The number of benzene rings is 1. The second-order valence-electron chi connectivity index (χ2n) is 5.90. The number of piperidine rings is 1. The molecule has 1 aromatic rings. The Morgan fingerprint density at radius 3 is 2.39 bits per heavy atom. The molecule has 2 atom stereocenters. The van der Waals surface area contributed by atoms with E-state index in [1.807, 2.05) is 17.0 Å². The highest BCUT2D eigenvalue weighted by Gasteiger charge is 2.30. The van der Waals surface area contributed by atoms with Gasteiger partial charge in [0.1, 0.15) is 0 Å². The summed E-state index contributed by atoms with van der Waals surface area (Å²) in [5.41, 5.74) is 5.82. The van der Waals surface area contributed by atoms with E-state index in [1.54, 1.807) is 19.1 Å². The Labute approximate surface area is 140 Å². The van der Waals surface area contributed by atoms with E-state index in [2.05, 4.69) is 5.32 Å². The van der Waals surface area contributed by atoms with Crippen molar-refractivity contribution in [2.75, 3.05) is 13.1 Å². The Morgan fingerprint density at radius 2 is 1.87 bits per heavy atom. The summed E-state index contributed by atoms with van der Waals surface area (Å²) >= 11 is 5.86. The predicted molar refractivity (Wildman–Crippen MR) is 87.9 cm³/mol. The van der Waals surface area contributed by atoms with Gasteiger partial charge in [0.05, 0.1) is 12.1 Å². The first-order chi connectivity index (χ1) is 10.9. The molecule has 1 aliphatic heterocycles. The number of halogens is 1. The van der Waals surface area contributed by atoms with Crippen molar-refractivity contribution < 1.29 is 14.7 Å². The maximum atomic E-state index is 11.8. The summed E-state index contributed by atoms with van der Waals surface area (Å²) in [6, 6.07) is 5.95. The molecular weight excluding hydrogens is 318 g/mol. The Balaban J connectivity index is 1.89. The van der Waals surface area contributed by atoms with E-state index in [1.165, 1.54) is 0 Å². The van der Waals surface area contributed by atoms with Crippen LogP contribution in [0, 0.1) is 5.92 Å². The van der Waals surface area contributed by atoms with Crippen molar-refractivity contribution in [3.05, 3.63) is 34.9 Å². The zero-order valence-electron chi connectivity index (χ0n) is 13.0. The second kappa shape index (κ2) is 7.77. The molecule has 0 bridgehead atoms. The molecule has 0 spiro atoms. The van der Waals surface area contributed by atoms with Gasteiger partial charge in [0, 0.05) is 5.02 Å². The number of carbonyl (C=O) groups is 2. The van der Waals surface area contributed by atoms with Gasteiger partial charge < -0.3 is 10.8 Å². The lowest BCUT2D eigenvalue weighted by atomic mass is 9.87. The van der Waals surface area contributed by atoms with Crippen LogP contribution in [0.15, 0.2) is 24.3 Å². The molecule has 1 aromatic carbocycles. The van der Waals surface area contributed by atoms with Crippen LogP contribution in [0.1, 0.15) is 31.4 Å². The third kappa shape index (κ3) is 4.67. The van der Waals surface area contributed by atoms with E-state index in [4.69, 9.17) is 17.3 Å². The third-order valence-electron chi connectivity index (χ3n) is 4.41. The average Bonchev–Trinajstić information content (AvgIpc) is 2.53. The Kier molecular flexibility index (Phi) is 5.98. The van der Waals surface area contributed by atoms with Gasteiger partial charge >= 0.3 is 6.03 Å². The zero-order valence-corrected chi connectivity index (χ0v) is 13.8. The van der Waals surface area contributed by atoms with E-state index in [-0.39, 0.29) is 5.92 Å². The van der Waals surface area contributed by atoms with E-state index in [0.29, 0.717) is 18.1 Å². The molecule has 2 rings (SSSR count). The smallest absolute Gasteiger partial charge is 0.318 e. The molecule has 1 heterocycles. The molecule has 3 amide bonds. The SMILES string of the molecule is C[C@@H](C(=O)NC(N)=O)N1CCC([C@H](O)c2ccc(Cl)cc2)CC1. The number of nitrogens with two attached hydrogens (primary N) is 1. The van der Waals surface area contributed by atoms with Crippen LogP contribution in [0.25, 0.3) is 0 Å². The largest absolute Gasteiger partial charge is 0.388 e. The van der Waals surface area contributed by atoms with Gasteiger partial charge in [-0.1, -0.05) is 23.7 Å². The molecule has 4 N–H and O–H groups in total. The maximum Gasteiger partial charge on any atom is 0.318 e. The lowest BCUT2D eigenvalue weighted by molar-refractivity contribution is -0.125. The fourth-order valence-electron chi connectivity index (χ4n) is 2.95. The van der Waals surface area contributed by atoms with E-state index in [0.717, 1.165) is 18.4 Å². The van der Waals surface area contributed by atoms with E-state index in [9.17, 15) is 14.7 Å². The van der Waals surface area contributed by atoms with Crippen LogP contribution in [0.4, 0.5) is 4.79 Å². The molecule has 0 aromatic heterocycles. The highest BCUT2D eigenvalue weighted by Crippen LogP contribution is 2.31. The highest BCUT2D eigenvalue weighted by atomic mass is 35.5. The van der Waals surface area contributed by atoms with Crippen molar-refractivity contribution in [1.82, 2.24) is 10.2 Å². The normalized spacial score (nSPS) is 19.1. The molecule has 1 aliphatic rings. The van der Waals surface area contributed by atoms with Gasteiger partial charge in [0.25, 0.3) is 0 Å². The molecule has 0 saturated carbocycles. The minimum atomic E-state index is -0.838. The van der Waals surface area contributed by atoms with Gasteiger partial charge in [0.2, 0.25) is 5.91 Å². The van der Waals surface area contributed by atoms with Crippen LogP contribution in [0.2, 0.25) is 5.02 Å². The molecule has 23 heavy (non-hydrogen) atoms. The first kappa shape index (κ1) is 17.7. The lowest BCUT2D eigenvalue weighted by Gasteiger charge is -2.36. The number of aliphatic hydroxyl groups is 1. The number of carbonyl (C=O) groups excluding carboxylic acids is 2.